The van der Waals surface area contributed by atoms with Gasteiger partial charge in [0.15, 0.2) is 11.6 Å². The van der Waals surface area contributed by atoms with Crippen LogP contribution in [0.25, 0.3) is 127 Å². The van der Waals surface area contributed by atoms with E-state index >= 15 is 0 Å². The Morgan fingerprint density at radius 1 is 0.253 bits per heavy atom. The van der Waals surface area contributed by atoms with E-state index in [2.05, 4.69) is 318 Å². The molecule has 0 spiro atoms. The maximum absolute atomic E-state index is 5.93. The van der Waals surface area contributed by atoms with Gasteiger partial charge in [0.05, 0.1) is 33.1 Å². The van der Waals surface area contributed by atoms with Gasteiger partial charge >= 0.3 is 0 Å². The van der Waals surface area contributed by atoms with Gasteiger partial charge in [-0.1, -0.05) is 206 Å². The predicted octanol–water partition coefficient (Wildman–Crippen LogP) is 20.6. The number of fused-ring (bicyclic) bond motifs is 13. The summed E-state index contributed by atoms with van der Waals surface area (Å²) in [6.07, 6.45) is 0. The summed E-state index contributed by atoms with van der Waals surface area (Å²) in [7, 11) is 0. The molecule has 3 aromatic heterocycles. The van der Waals surface area contributed by atoms with Crippen LogP contribution in [0, 0.1) is 0 Å². The second kappa shape index (κ2) is 20.5. The van der Waals surface area contributed by atoms with Gasteiger partial charge in [-0.3, -0.25) is 4.57 Å². The highest BCUT2D eigenvalue weighted by atomic mass is 15.2. The molecular weight excluding hydrogens is 1060 g/mol. The van der Waals surface area contributed by atoms with Crippen molar-refractivity contribution >= 4 is 121 Å². The Morgan fingerprint density at radius 2 is 0.701 bits per heavy atom. The summed E-state index contributed by atoms with van der Waals surface area (Å²) in [6, 6.07) is 107. The Kier molecular flexibility index (Phi) is 11.7. The second-order valence-corrected chi connectivity index (χ2v) is 22.0. The molecule has 87 heavy (non-hydrogen) atoms. The summed E-state index contributed by atoms with van der Waals surface area (Å²) in [5.41, 5.74) is 15.3. The van der Waals surface area contributed by atoms with Gasteiger partial charge in [-0.05, 0) is 141 Å². The van der Waals surface area contributed by atoms with Crippen molar-refractivity contribution in [3.63, 3.8) is 0 Å². The maximum atomic E-state index is 5.93. The summed E-state index contributed by atoms with van der Waals surface area (Å²) >= 11 is 0. The van der Waals surface area contributed by atoms with Crippen LogP contribution in [0.5, 0.6) is 0 Å². The average Bonchev–Trinajstić information content (AvgIpc) is 1.90. The fourth-order valence-electron chi connectivity index (χ4n) is 13.0. The second-order valence-electron chi connectivity index (χ2n) is 22.0. The van der Waals surface area contributed by atoms with Crippen molar-refractivity contribution in [3.05, 3.63) is 303 Å². The predicted molar refractivity (Wildman–Crippen MR) is 360 cm³/mol. The van der Waals surface area contributed by atoms with Gasteiger partial charge in [0.2, 0.25) is 5.95 Å². The zero-order valence-corrected chi connectivity index (χ0v) is 46.9. The smallest absolute Gasteiger partial charge is 0.238 e. The summed E-state index contributed by atoms with van der Waals surface area (Å²) < 4.78 is 2.20. The first-order chi connectivity index (χ1) is 43.1. The van der Waals surface area contributed by atoms with Crippen molar-refractivity contribution in [3.8, 4) is 39.9 Å². The molecule has 3 heterocycles. The van der Waals surface area contributed by atoms with Gasteiger partial charge in [0.25, 0.3) is 0 Å². The van der Waals surface area contributed by atoms with Gasteiger partial charge in [-0.2, -0.15) is 9.97 Å². The molecule has 0 amide bonds. The molecule has 17 rings (SSSR count). The summed E-state index contributed by atoms with van der Waals surface area (Å²) in [5, 5.41) is 10.4. The SMILES string of the molecule is c1ccc(-c2ccc3c(c2)c2c4nc5c6ccc(N(c7ccccc7)c7ccccc7)cc6c6cc(N(c7ccccc7)c7ccccc7)ccc6c5nc4ccc2n3-c2nc(-c3cccc4ccccc34)nc(-c3cccc4ccccc34)n2)cc1. The van der Waals surface area contributed by atoms with E-state index in [1.165, 1.54) is 0 Å². The maximum Gasteiger partial charge on any atom is 0.238 e. The standard InChI is InChI=1S/C79H50N8/c1-6-22-51(23-7-1)54-40-46-71-69(48-54)73-72(87(71)79-83-77(65-38-20-26-52-24-16-18-36-61(52)65)82-78(84-79)66-39-21-27-53-25-17-19-37-62(53)66)47-45-70-76(73)81-75-64-44-42-60(86(57-32-12-4-13-33-57)58-34-14-5-15-35-58)50-68(64)67-49-59(41-43-63(67)74(75)80-70)85(55-28-8-2-9-29-55)56-30-10-3-11-31-56/h1-50H. The van der Waals surface area contributed by atoms with E-state index < -0.39 is 0 Å². The van der Waals surface area contributed by atoms with Crippen molar-refractivity contribution in [1.29, 1.82) is 0 Å². The highest BCUT2D eigenvalue weighted by Gasteiger charge is 2.25. The van der Waals surface area contributed by atoms with Crippen LogP contribution >= 0.6 is 0 Å². The fourth-order valence-corrected chi connectivity index (χ4v) is 13.0. The van der Waals surface area contributed by atoms with Gasteiger partial charge in [-0.25, -0.2) is 15.0 Å². The lowest BCUT2D eigenvalue weighted by Gasteiger charge is -2.27. The first-order valence-electron chi connectivity index (χ1n) is 29.3. The Balaban J connectivity index is 0.963. The van der Waals surface area contributed by atoms with Crippen molar-refractivity contribution in [2.75, 3.05) is 9.80 Å². The molecule has 8 heteroatoms. The lowest BCUT2D eigenvalue weighted by molar-refractivity contribution is 0.955. The van der Waals surface area contributed by atoms with E-state index in [1.54, 1.807) is 0 Å². The molecule has 0 fully saturated rings. The van der Waals surface area contributed by atoms with Crippen molar-refractivity contribution in [2.45, 2.75) is 0 Å². The number of nitrogens with zero attached hydrogens (tertiary/aromatic N) is 8. The number of hydrogen-bond acceptors (Lipinski definition) is 7. The lowest BCUT2D eigenvalue weighted by Crippen LogP contribution is -2.10. The van der Waals surface area contributed by atoms with Gasteiger partial charge in [0.1, 0.15) is 0 Å². The Labute approximate surface area is 500 Å². The molecular formula is C79H50N8. The number of aromatic nitrogens is 6. The molecule has 0 saturated carbocycles. The van der Waals surface area contributed by atoms with Crippen molar-refractivity contribution < 1.29 is 0 Å². The summed E-state index contributed by atoms with van der Waals surface area (Å²) in [4.78, 5) is 32.7. The highest BCUT2D eigenvalue weighted by Crippen LogP contribution is 2.46. The van der Waals surface area contributed by atoms with Crippen LogP contribution in [0.1, 0.15) is 0 Å². The third-order valence-electron chi connectivity index (χ3n) is 16.9. The first kappa shape index (κ1) is 49.7. The zero-order valence-electron chi connectivity index (χ0n) is 46.9. The number of anilines is 6. The van der Waals surface area contributed by atoms with Crippen molar-refractivity contribution in [1.82, 2.24) is 29.5 Å². The van der Waals surface area contributed by atoms with Crippen LogP contribution in [0.3, 0.4) is 0 Å². The van der Waals surface area contributed by atoms with E-state index in [0.717, 1.165) is 143 Å². The Morgan fingerprint density at radius 3 is 1.22 bits per heavy atom. The molecule has 0 atom stereocenters. The molecule has 8 nitrogen and oxygen atoms in total. The highest BCUT2D eigenvalue weighted by molar-refractivity contribution is 6.27. The van der Waals surface area contributed by atoms with Crippen LogP contribution < -0.4 is 9.80 Å². The minimum atomic E-state index is 0.498. The molecule has 0 bridgehead atoms. The molecule has 406 valence electrons. The molecule has 14 aromatic carbocycles. The average molecular weight is 1110 g/mol. The van der Waals surface area contributed by atoms with E-state index in [-0.39, 0.29) is 0 Å². The van der Waals surface area contributed by atoms with E-state index in [9.17, 15) is 0 Å². The lowest BCUT2D eigenvalue weighted by atomic mass is 9.97. The van der Waals surface area contributed by atoms with Gasteiger partial charge < -0.3 is 9.80 Å². The third kappa shape index (κ3) is 8.41. The zero-order chi connectivity index (χ0) is 57.4. The summed E-state index contributed by atoms with van der Waals surface area (Å²) in [6.45, 7) is 0. The van der Waals surface area contributed by atoms with Crippen LogP contribution in [0.2, 0.25) is 0 Å². The molecule has 17 aromatic rings. The quantitative estimate of drug-likeness (QED) is 0.0997. The molecule has 0 radical (unpaired) electrons. The van der Waals surface area contributed by atoms with Crippen LogP contribution in [0.4, 0.5) is 34.1 Å². The van der Waals surface area contributed by atoms with E-state index in [1.807, 2.05) is 0 Å². The summed E-state index contributed by atoms with van der Waals surface area (Å²) in [5.74, 6) is 1.66. The van der Waals surface area contributed by atoms with E-state index in [4.69, 9.17) is 24.9 Å². The Bertz CT molecular complexity index is 5340. The van der Waals surface area contributed by atoms with Gasteiger partial charge in [-0.15, -0.1) is 0 Å². The molecule has 0 unspecified atom stereocenters. The van der Waals surface area contributed by atoms with Gasteiger partial charge in [0, 0.05) is 66.8 Å². The number of para-hydroxylation sites is 4. The topological polar surface area (TPSA) is 75.9 Å². The van der Waals surface area contributed by atoms with Crippen molar-refractivity contribution in [2.24, 2.45) is 0 Å². The molecule has 0 aliphatic carbocycles. The monoisotopic (exact) mass is 1110 g/mol. The van der Waals surface area contributed by atoms with Crippen LogP contribution in [-0.4, -0.2) is 29.5 Å². The number of hydrogen-bond donors (Lipinski definition) is 0. The van der Waals surface area contributed by atoms with Crippen LogP contribution in [-0.2, 0) is 0 Å². The normalized spacial score (nSPS) is 11.7. The third-order valence-corrected chi connectivity index (χ3v) is 16.9. The first-order valence-corrected chi connectivity index (χ1v) is 29.3. The largest absolute Gasteiger partial charge is 0.310 e. The number of rotatable bonds is 10. The Hall–Kier alpha value is -11.9. The minimum Gasteiger partial charge on any atom is -0.310 e. The number of benzene rings is 14. The fraction of sp³-hybridized carbons (Fsp3) is 0. The molecule has 0 N–H and O–H groups in total. The molecule has 0 saturated heterocycles. The molecule has 0 aliphatic heterocycles. The van der Waals surface area contributed by atoms with E-state index in [0.29, 0.717) is 17.6 Å². The van der Waals surface area contributed by atoms with Crippen LogP contribution in [0.15, 0.2) is 303 Å². The molecule has 0 aliphatic rings. The minimum absolute atomic E-state index is 0.498.